The van der Waals surface area contributed by atoms with Crippen molar-refractivity contribution >= 4 is 5.97 Å². The zero-order valence-corrected chi connectivity index (χ0v) is 9.09. The highest BCUT2D eigenvalue weighted by atomic mass is 16.5. The Balaban J connectivity index is 3.49. The SMILES string of the molecule is C/C=C(/C)C(=O)OCCCC(C)C. The van der Waals surface area contributed by atoms with E-state index in [0.29, 0.717) is 18.1 Å². The summed E-state index contributed by atoms with van der Waals surface area (Å²) >= 11 is 0. The second-order valence-corrected chi connectivity index (χ2v) is 3.64. The summed E-state index contributed by atoms with van der Waals surface area (Å²) in [5.41, 5.74) is 0.685. The van der Waals surface area contributed by atoms with Gasteiger partial charge in [0.1, 0.15) is 0 Å². The van der Waals surface area contributed by atoms with E-state index in [1.54, 1.807) is 13.0 Å². The van der Waals surface area contributed by atoms with Crippen LogP contribution in [0.15, 0.2) is 11.6 Å². The van der Waals surface area contributed by atoms with Gasteiger partial charge in [0.2, 0.25) is 0 Å². The van der Waals surface area contributed by atoms with Crippen LogP contribution in [0.25, 0.3) is 0 Å². The van der Waals surface area contributed by atoms with Gasteiger partial charge in [-0.2, -0.15) is 0 Å². The Labute approximate surface area is 81.0 Å². The Kier molecular flexibility index (Phi) is 6.29. The number of rotatable bonds is 5. The molecule has 2 heteroatoms. The van der Waals surface area contributed by atoms with Crippen molar-refractivity contribution in [2.24, 2.45) is 5.92 Å². The lowest BCUT2D eigenvalue weighted by atomic mass is 10.1. The Morgan fingerprint density at radius 2 is 2.08 bits per heavy atom. The van der Waals surface area contributed by atoms with Crippen LogP contribution in [-0.4, -0.2) is 12.6 Å². The number of hydrogen-bond acceptors (Lipinski definition) is 2. The molecule has 0 unspecified atom stereocenters. The van der Waals surface area contributed by atoms with Gasteiger partial charge in [-0.15, -0.1) is 0 Å². The van der Waals surface area contributed by atoms with Crippen molar-refractivity contribution < 1.29 is 9.53 Å². The number of carbonyl (C=O) groups excluding carboxylic acids is 1. The zero-order valence-electron chi connectivity index (χ0n) is 9.09. The van der Waals surface area contributed by atoms with Crippen LogP contribution in [0.5, 0.6) is 0 Å². The molecule has 0 spiro atoms. The molecule has 0 aliphatic rings. The molecule has 0 aromatic carbocycles. The van der Waals surface area contributed by atoms with Crippen molar-refractivity contribution in [2.45, 2.75) is 40.5 Å². The molecule has 2 nitrogen and oxygen atoms in total. The summed E-state index contributed by atoms with van der Waals surface area (Å²) in [6.07, 6.45) is 3.84. The number of allylic oxidation sites excluding steroid dienone is 1. The van der Waals surface area contributed by atoms with Gasteiger partial charge >= 0.3 is 5.97 Å². The first-order valence-electron chi connectivity index (χ1n) is 4.88. The van der Waals surface area contributed by atoms with Crippen LogP contribution in [0.3, 0.4) is 0 Å². The summed E-state index contributed by atoms with van der Waals surface area (Å²) in [4.78, 5) is 11.1. The van der Waals surface area contributed by atoms with E-state index in [0.717, 1.165) is 12.8 Å². The van der Waals surface area contributed by atoms with Gasteiger partial charge in [0.15, 0.2) is 0 Å². The monoisotopic (exact) mass is 184 g/mol. The van der Waals surface area contributed by atoms with Gasteiger partial charge in [-0.05, 0) is 32.6 Å². The molecule has 0 saturated carbocycles. The van der Waals surface area contributed by atoms with Gasteiger partial charge in [-0.3, -0.25) is 0 Å². The summed E-state index contributed by atoms with van der Waals surface area (Å²) in [7, 11) is 0. The molecule has 0 bridgehead atoms. The average molecular weight is 184 g/mol. The maximum absolute atomic E-state index is 11.1. The Hall–Kier alpha value is -0.790. The van der Waals surface area contributed by atoms with E-state index in [-0.39, 0.29) is 5.97 Å². The van der Waals surface area contributed by atoms with Crippen LogP contribution in [0, 0.1) is 5.92 Å². The molecule has 0 rings (SSSR count). The predicted octanol–water partition coefficient (Wildman–Crippen LogP) is 2.93. The highest BCUT2D eigenvalue weighted by molar-refractivity contribution is 5.87. The maximum atomic E-state index is 11.1. The number of ether oxygens (including phenoxy) is 1. The van der Waals surface area contributed by atoms with Gasteiger partial charge in [-0.25, -0.2) is 4.79 Å². The summed E-state index contributed by atoms with van der Waals surface area (Å²) in [6, 6.07) is 0. The molecule has 76 valence electrons. The number of carbonyl (C=O) groups is 1. The van der Waals surface area contributed by atoms with Gasteiger partial charge in [-0.1, -0.05) is 19.9 Å². The smallest absolute Gasteiger partial charge is 0.333 e. The van der Waals surface area contributed by atoms with Crippen LogP contribution < -0.4 is 0 Å². The molecule has 0 heterocycles. The van der Waals surface area contributed by atoms with E-state index in [1.807, 2.05) is 6.92 Å². The minimum absolute atomic E-state index is 0.189. The van der Waals surface area contributed by atoms with Gasteiger partial charge in [0.05, 0.1) is 6.61 Å². The van der Waals surface area contributed by atoms with Crippen molar-refractivity contribution in [3.05, 3.63) is 11.6 Å². The third-order valence-electron chi connectivity index (χ3n) is 1.91. The van der Waals surface area contributed by atoms with E-state index in [1.165, 1.54) is 0 Å². The average Bonchev–Trinajstić information content (AvgIpc) is 2.10. The normalized spacial score (nSPS) is 11.9. The molecule has 0 amide bonds. The lowest BCUT2D eigenvalue weighted by Gasteiger charge is -2.06. The predicted molar refractivity (Wildman–Crippen MR) is 54.5 cm³/mol. The van der Waals surface area contributed by atoms with E-state index >= 15 is 0 Å². The molecule has 0 aliphatic carbocycles. The number of esters is 1. The van der Waals surface area contributed by atoms with Crippen molar-refractivity contribution in [3.8, 4) is 0 Å². The Morgan fingerprint density at radius 1 is 1.46 bits per heavy atom. The maximum Gasteiger partial charge on any atom is 0.333 e. The first kappa shape index (κ1) is 12.2. The minimum Gasteiger partial charge on any atom is -0.462 e. The highest BCUT2D eigenvalue weighted by Crippen LogP contribution is 2.04. The Morgan fingerprint density at radius 3 is 2.54 bits per heavy atom. The molecule has 0 atom stereocenters. The molecule has 0 aromatic rings. The van der Waals surface area contributed by atoms with Gasteiger partial charge in [0.25, 0.3) is 0 Å². The van der Waals surface area contributed by atoms with Gasteiger partial charge in [0, 0.05) is 5.57 Å². The van der Waals surface area contributed by atoms with Crippen LogP contribution in [0.2, 0.25) is 0 Å². The van der Waals surface area contributed by atoms with Crippen LogP contribution in [-0.2, 0) is 9.53 Å². The van der Waals surface area contributed by atoms with Gasteiger partial charge < -0.3 is 4.74 Å². The summed E-state index contributed by atoms with van der Waals surface area (Å²) in [5, 5.41) is 0. The second-order valence-electron chi connectivity index (χ2n) is 3.64. The van der Waals surface area contributed by atoms with Crippen LogP contribution >= 0.6 is 0 Å². The molecule has 0 saturated heterocycles. The molecule has 13 heavy (non-hydrogen) atoms. The molecule has 0 N–H and O–H groups in total. The van der Waals surface area contributed by atoms with Crippen LogP contribution in [0.1, 0.15) is 40.5 Å². The van der Waals surface area contributed by atoms with E-state index in [4.69, 9.17) is 4.74 Å². The first-order valence-corrected chi connectivity index (χ1v) is 4.88. The summed E-state index contributed by atoms with van der Waals surface area (Å²) < 4.78 is 5.04. The Bertz CT molecular complexity index is 181. The topological polar surface area (TPSA) is 26.3 Å². The largest absolute Gasteiger partial charge is 0.462 e. The lowest BCUT2D eigenvalue weighted by Crippen LogP contribution is -2.07. The van der Waals surface area contributed by atoms with E-state index < -0.39 is 0 Å². The van der Waals surface area contributed by atoms with Crippen LogP contribution in [0.4, 0.5) is 0 Å². The standard InChI is InChI=1S/C11H20O2/c1-5-10(4)11(12)13-8-6-7-9(2)3/h5,9H,6-8H2,1-4H3/b10-5-. The van der Waals surface area contributed by atoms with Crippen molar-refractivity contribution in [3.63, 3.8) is 0 Å². The fourth-order valence-corrected chi connectivity index (χ4v) is 0.888. The third kappa shape index (κ3) is 6.38. The highest BCUT2D eigenvalue weighted by Gasteiger charge is 2.03. The number of hydrogen-bond donors (Lipinski definition) is 0. The quantitative estimate of drug-likeness (QED) is 0.373. The third-order valence-corrected chi connectivity index (χ3v) is 1.91. The summed E-state index contributed by atoms with van der Waals surface area (Å²) in [6.45, 7) is 8.48. The fourth-order valence-electron chi connectivity index (χ4n) is 0.888. The second kappa shape index (κ2) is 6.70. The van der Waals surface area contributed by atoms with Crippen molar-refractivity contribution in [1.82, 2.24) is 0 Å². The fraction of sp³-hybridized carbons (Fsp3) is 0.727. The first-order chi connectivity index (χ1) is 6.07. The molecular weight excluding hydrogens is 164 g/mol. The molecular formula is C11H20O2. The molecule has 0 aromatic heterocycles. The van der Waals surface area contributed by atoms with E-state index in [9.17, 15) is 4.79 Å². The minimum atomic E-state index is -0.189. The van der Waals surface area contributed by atoms with Crippen molar-refractivity contribution in [1.29, 1.82) is 0 Å². The summed E-state index contributed by atoms with van der Waals surface area (Å²) in [5.74, 6) is 0.493. The molecule has 0 aliphatic heterocycles. The zero-order chi connectivity index (χ0) is 10.3. The van der Waals surface area contributed by atoms with E-state index in [2.05, 4.69) is 13.8 Å². The molecule has 0 radical (unpaired) electrons. The van der Waals surface area contributed by atoms with Crippen molar-refractivity contribution in [2.75, 3.05) is 6.61 Å². The molecule has 0 fully saturated rings. The lowest BCUT2D eigenvalue weighted by molar-refractivity contribution is -0.139.